The Labute approximate surface area is 317 Å². The van der Waals surface area contributed by atoms with Crippen LogP contribution in [0.2, 0.25) is 0 Å². The van der Waals surface area contributed by atoms with Gasteiger partial charge in [-0.05, 0) is 97.8 Å². The number of nitrogens with two attached hydrogens (primary N) is 1. The van der Waals surface area contributed by atoms with E-state index in [0.29, 0.717) is 11.3 Å². The van der Waals surface area contributed by atoms with Crippen molar-refractivity contribution >= 4 is 76.3 Å². The molecule has 0 aliphatic heterocycles. The zero-order chi connectivity index (χ0) is 37.4. The second kappa shape index (κ2) is 18.2. The molecule has 0 amide bonds. The predicted molar refractivity (Wildman–Crippen MR) is 203 cm³/mol. The lowest BCUT2D eigenvalue weighted by atomic mass is 10.1. The van der Waals surface area contributed by atoms with Gasteiger partial charge in [0.1, 0.15) is 14.2 Å². The van der Waals surface area contributed by atoms with Crippen molar-refractivity contribution in [3.8, 4) is 5.75 Å². The summed E-state index contributed by atoms with van der Waals surface area (Å²) in [5, 5.41) is 8.78. The molecule has 278 valence electrons. The van der Waals surface area contributed by atoms with Crippen molar-refractivity contribution in [2.24, 2.45) is 5.73 Å². The molecule has 17 heteroatoms. The van der Waals surface area contributed by atoms with E-state index in [2.05, 4.69) is 0 Å². The lowest BCUT2D eigenvalue weighted by molar-refractivity contribution is 0.0696. The molecule has 2 aromatic heterocycles. The van der Waals surface area contributed by atoms with Gasteiger partial charge < -0.3 is 15.6 Å². The smallest absolute Gasteiger partial charge is 0.335 e. The fourth-order valence-electron chi connectivity index (χ4n) is 4.60. The lowest BCUT2D eigenvalue weighted by Gasteiger charge is -2.06. The fourth-order valence-corrected chi connectivity index (χ4v) is 11.2. The Morgan fingerprint density at radius 2 is 1.13 bits per heavy atom. The number of benzene rings is 3. The van der Waals surface area contributed by atoms with Crippen LogP contribution < -0.4 is 10.5 Å². The van der Waals surface area contributed by atoms with Crippen molar-refractivity contribution in [1.29, 1.82) is 0 Å². The molecule has 0 aliphatic carbocycles. The van der Waals surface area contributed by atoms with Crippen molar-refractivity contribution in [3.63, 3.8) is 0 Å². The monoisotopic (exact) mass is 825 g/mol. The molecule has 52 heavy (non-hydrogen) atoms. The largest absolute Gasteiger partial charge is 0.497 e. The van der Waals surface area contributed by atoms with Gasteiger partial charge in [0.2, 0.25) is 19.7 Å². The van der Waals surface area contributed by atoms with Crippen molar-refractivity contribution < 1.29 is 44.7 Å². The van der Waals surface area contributed by atoms with Crippen LogP contribution in [0.5, 0.6) is 5.75 Å². The summed E-state index contributed by atoms with van der Waals surface area (Å²) in [6.45, 7) is 2.23. The van der Waals surface area contributed by atoms with Crippen LogP contribution >= 0.6 is 35.1 Å². The van der Waals surface area contributed by atoms with E-state index in [0.717, 1.165) is 27.5 Å². The first-order chi connectivity index (χ1) is 24.1. The van der Waals surface area contributed by atoms with Gasteiger partial charge in [-0.1, -0.05) is 19.1 Å². The Hall–Kier alpha value is -3.90. The SMILES string of the molecule is CCc1ccc(S(=O)(=O)c2ccc(C(=O)O)cc2)s1.COc1ccc(S(=O)(=O)CCCC(=O)c2ccc(S(=O)(=O)c3ccc(CN)s3)cc2)cc1.Cl. The number of aryl methyl sites for hydroxylation is 1. The highest BCUT2D eigenvalue weighted by Crippen LogP contribution is 2.29. The van der Waals surface area contributed by atoms with Crippen LogP contribution in [0.3, 0.4) is 0 Å². The molecule has 5 aromatic rings. The summed E-state index contributed by atoms with van der Waals surface area (Å²) in [5.41, 5.74) is 5.95. The number of thiophene rings is 2. The number of ether oxygens (including phenoxy) is 1. The first-order valence-corrected chi connectivity index (χ1v) is 21.6. The van der Waals surface area contributed by atoms with Gasteiger partial charge in [-0.2, -0.15) is 0 Å². The van der Waals surface area contributed by atoms with Crippen molar-refractivity contribution in [2.45, 2.75) is 55.8 Å². The molecule has 0 unspecified atom stereocenters. The predicted octanol–water partition coefficient (Wildman–Crippen LogP) is 6.75. The summed E-state index contributed by atoms with van der Waals surface area (Å²) in [5.74, 6) is -0.934. The number of hydrogen-bond donors (Lipinski definition) is 2. The zero-order valence-corrected chi connectivity index (χ0v) is 32.8. The van der Waals surface area contributed by atoms with Gasteiger partial charge in [0.15, 0.2) is 15.6 Å². The van der Waals surface area contributed by atoms with E-state index in [-0.39, 0.29) is 72.0 Å². The molecule has 0 atom stereocenters. The van der Waals surface area contributed by atoms with Gasteiger partial charge in [-0.15, -0.1) is 35.1 Å². The Bertz CT molecular complexity index is 2320. The Kier molecular flexibility index (Phi) is 14.9. The number of halogens is 1. The minimum Gasteiger partial charge on any atom is -0.497 e. The number of carboxylic acids is 1. The van der Waals surface area contributed by atoms with Gasteiger partial charge >= 0.3 is 5.97 Å². The topological polar surface area (TPSA) is 192 Å². The van der Waals surface area contributed by atoms with E-state index in [4.69, 9.17) is 15.6 Å². The van der Waals surface area contributed by atoms with Crippen LogP contribution in [0.4, 0.5) is 0 Å². The van der Waals surface area contributed by atoms with E-state index in [1.54, 1.807) is 30.3 Å². The highest BCUT2D eigenvalue weighted by atomic mass is 35.5. The molecule has 0 fully saturated rings. The van der Waals surface area contributed by atoms with Crippen LogP contribution in [0, 0.1) is 0 Å². The standard InChI is InChI=1S/C22H23NO6S3.C13H12O4S2.ClH/c1-29-17-6-11-19(12-7-17)31(25,26)14-2-3-21(24)16-4-9-20(10-5-16)32(27,28)22-13-8-18(15-23)30-22;1-2-10-5-8-12(18-10)19(16,17)11-6-3-9(4-7-11)13(14)15;/h4-13H,2-3,14-15,23H2,1H3;3-8H,2H2,1H3,(H,14,15);1H. The van der Waals surface area contributed by atoms with Gasteiger partial charge in [0.25, 0.3) is 0 Å². The number of aromatic carboxylic acids is 1. The fraction of sp³-hybridized carbons (Fsp3) is 0.200. The van der Waals surface area contributed by atoms with Crippen molar-refractivity contribution in [2.75, 3.05) is 12.9 Å². The normalized spacial score (nSPS) is 11.5. The second-order valence-electron chi connectivity index (χ2n) is 10.9. The third-order valence-corrected chi connectivity index (χ3v) is 16.2. The molecule has 0 saturated heterocycles. The Morgan fingerprint density at radius 3 is 1.56 bits per heavy atom. The number of hydrogen-bond acceptors (Lipinski definition) is 12. The molecular formula is C35H36ClNO10S5. The van der Waals surface area contributed by atoms with Crippen LogP contribution in [0.1, 0.15) is 50.2 Å². The molecule has 3 N–H and O–H groups in total. The van der Waals surface area contributed by atoms with Gasteiger partial charge in [0.05, 0.1) is 33.1 Å². The maximum absolute atomic E-state index is 12.7. The molecule has 0 radical (unpaired) electrons. The third-order valence-electron chi connectivity index (χ3n) is 7.49. The summed E-state index contributed by atoms with van der Waals surface area (Å²) in [6, 6.07) is 23.6. The first kappa shape index (κ1) is 42.5. The number of ketones is 1. The van der Waals surface area contributed by atoms with Crippen LogP contribution in [0.25, 0.3) is 0 Å². The molecule has 0 aliphatic rings. The molecule has 11 nitrogen and oxygen atoms in total. The Morgan fingerprint density at radius 1 is 0.673 bits per heavy atom. The highest BCUT2D eigenvalue weighted by molar-refractivity contribution is 7.94. The van der Waals surface area contributed by atoms with Crippen LogP contribution in [0.15, 0.2) is 120 Å². The summed E-state index contributed by atoms with van der Waals surface area (Å²) in [6.07, 6.45) is 0.981. The number of carbonyl (C=O) groups is 2. The summed E-state index contributed by atoms with van der Waals surface area (Å²) >= 11 is 2.36. The average molecular weight is 826 g/mol. The molecule has 0 saturated carbocycles. The maximum Gasteiger partial charge on any atom is 0.335 e. The zero-order valence-electron chi connectivity index (χ0n) is 27.9. The quantitative estimate of drug-likeness (QED) is 0.113. The number of sulfone groups is 3. The van der Waals surface area contributed by atoms with Crippen molar-refractivity contribution in [3.05, 3.63) is 118 Å². The number of carbonyl (C=O) groups excluding carboxylic acids is 1. The number of carboxylic acid groups (broad SMARTS) is 1. The Balaban J connectivity index is 0.000000311. The molecule has 5 rings (SSSR count). The molecular weight excluding hydrogens is 790 g/mol. The van der Waals surface area contributed by atoms with Crippen LogP contribution in [-0.2, 0) is 42.5 Å². The average Bonchev–Trinajstić information content (AvgIpc) is 3.83. The molecule has 0 bridgehead atoms. The first-order valence-electron chi connectivity index (χ1n) is 15.3. The minimum absolute atomic E-state index is 0. The highest BCUT2D eigenvalue weighted by Gasteiger charge is 2.22. The number of methoxy groups -OCH3 is 1. The third kappa shape index (κ3) is 10.4. The van der Waals surface area contributed by atoms with E-state index in [1.807, 2.05) is 6.92 Å². The summed E-state index contributed by atoms with van der Waals surface area (Å²) in [7, 11) is -9.24. The maximum atomic E-state index is 12.7. The van der Waals surface area contributed by atoms with E-state index in [9.17, 15) is 34.8 Å². The van der Waals surface area contributed by atoms with Crippen LogP contribution in [-0.4, -0.2) is 55.0 Å². The van der Waals surface area contributed by atoms with Gasteiger partial charge in [-0.3, -0.25) is 4.79 Å². The number of Topliss-reactive ketones (excluding diaryl/α,β-unsaturated/α-hetero) is 1. The van der Waals surface area contributed by atoms with E-state index in [1.165, 1.54) is 85.2 Å². The minimum atomic E-state index is -3.68. The van der Waals surface area contributed by atoms with E-state index < -0.39 is 35.5 Å². The number of rotatable bonds is 14. The van der Waals surface area contributed by atoms with Crippen molar-refractivity contribution in [1.82, 2.24) is 0 Å². The van der Waals surface area contributed by atoms with Gasteiger partial charge in [0, 0.05) is 28.3 Å². The summed E-state index contributed by atoms with van der Waals surface area (Å²) in [4.78, 5) is 25.3. The lowest BCUT2D eigenvalue weighted by Crippen LogP contribution is -2.09. The van der Waals surface area contributed by atoms with E-state index >= 15 is 0 Å². The molecule has 2 heterocycles. The van der Waals surface area contributed by atoms with Gasteiger partial charge in [-0.25, -0.2) is 30.0 Å². The second-order valence-corrected chi connectivity index (χ2v) is 19.7. The molecule has 3 aromatic carbocycles. The summed E-state index contributed by atoms with van der Waals surface area (Å²) < 4.78 is 80.4. The molecule has 0 spiro atoms.